The summed E-state index contributed by atoms with van der Waals surface area (Å²) in [5, 5.41) is 0. The summed E-state index contributed by atoms with van der Waals surface area (Å²) >= 11 is 0. The van der Waals surface area contributed by atoms with Gasteiger partial charge in [-0.05, 0) is 58.0 Å². The molecule has 25 heavy (non-hydrogen) atoms. The lowest BCUT2D eigenvalue weighted by Gasteiger charge is -2.52. The maximum atomic E-state index is 12.8. The number of ether oxygens (including phenoxy) is 2. The molecule has 2 fully saturated rings. The van der Waals surface area contributed by atoms with Crippen LogP contribution in [0.4, 0.5) is 0 Å². The Labute approximate surface area is 150 Å². The third kappa shape index (κ3) is 3.75. The van der Waals surface area contributed by atoms with Gasteiger partial charge in [0.25, 0.3) is 0 Å². The van der Waals surface area contributed by atoms with Crippen molar-refractivity contribution in [2.24, 2.45) is 0 Å². The lowest BCUT2D eigenvalue weighted by atomic mass is 9.70. The van der Waals surface area contributed by atoms with E-state index in [1.54, 1.807) is 12.1 Å². The molecule has 1 aromatic rings. The molecule has 1 aliphatic carbocycles. The van der Waals surface area contributed by atoms with E-state index < -0.39 is 15.6 Å². The van der Waals surface area contributed by atoms with Crippen molar-refractivity contribution in [1.82, 2.24) is 9.62 Å². The SMILES string of the molecule is CCOC1CC(NS(=O)(=O)c2ccc(CN(C)C)cc2)C12CCCO2. The largest absolute Gasteiger partial charge is 0.375 e. The first-order valence-corrected chi connectivity index (χ1v) is 10.4. The van der Waals surface area contributed by atoms with Gasteiger partial charge in [-0.25, -0.2) is 13.1 Å². The molecule has 0 bridgehead atoms. The quantitative estimate of drug-likeness (QED) is 0.794. The summed E-state index contributed by atoms with van der Waals surface area (Å²) < 4.78 is 40.1. The van der Waals surface area contributed by atoms with E-state index in [4.69, 9.17) is 9.47 Å². The number of nitrogens with zero attached hydrogens (tertiary/aromatic N) is 1. The molecular weight excluding hydrogens is 340 g/mol. The summed E-state index contributed by atoms with van der Waals surface area (Å²) in [7, 11) is 0.403. The van der Waals surface area contributed by atoms with E-state index in [1.165, 1.54) is 0 Å². The van der Waals surface area contributed by atoms with Gasteiger partial charge in [0.1, 0.15) is 5.60 Å². The van der Waals surface area contributed by atoms with E-state index in [2.05, 4.69) is 4.72 Å². The monoisotopic (exact) mass is 368 g/mol. The van der Waals surface area contributed by atoms with E-state index in [-0.39, 0.29) is 12.1 Å². The Morgan fingerprint density at radius 2 is 2.04 bits per heavy atom. The number of nitrogens with one attached hydrogen (secondary N) is 1. The molecule has 140 valence electrons. The zero-order valence-electron chi connectivity index (χ0n) is 15.2. The lowest BCUT2D eigenvalue weighted by molar-refractivity contribution is -0.193. The van der Waals surface area contributed by atoms with Crippen LogP contribution in [0.3, 0.4) is 0 Å². The summed E-state index contributed by atoms with van der Waals surface area (Å²) in [6.07, 6.45) is 2.43. The lowest BCUT2D eigenvalue weighted by Crippen LogP contribution is -2.69. The minimum atomic E-state index is -3.57. The van der Waals surface area contributed by atoms with Crippen molar-refractivity contribution in [3.8, 4) is 0 Å². The number of sulfonamides is 1. The van der Waals surface area contributed by atoms with Crippen LogP contribution in [0.15, 0.2) is 29.2 Å². The van der Waals surface area contributed by atoms with Gasteiger partial charge < -0.3 is 14.4 Å². The second kappa shape index (κ2) is 7.32. The molecular formula is C18H28N2O4S. The van der Waals surface area contributed by atoms with Gasteiger partial charge in [0.05, 0.1) is 17.0 Å². The molecule has 7 heteroatoms. The van der Waals surface area contributed by atoms with Crippen molar-refractivity contribution in [3.63, 3.8) is 0 Å². The third-order valence-electron chi connectivity index (χ3n) is 5.06. The Morgan fingerprint density at radius 1 is 1.32 bits per heavy atom. The summed E-state index contributed by atoms with van der Waals surface area (Å²) in [6.45, 7) is 4.02. The average molecular weight is 368 g/mol. The van der Waals surface area contributed by atoms with Crippen molar-refractivity contribution in [3.05, 3.63) is 29.8 Å². The van der Waals surface area contributed by atoms with Crippen molar-refractivity contribution in [2.45, 2.75) is 55.4 Å². The molecule has 1 aromatic carbocycles. The molecule has 3 atom stereocenters. The molecule has 2 aliphatic rings. The molecule has 0 amide bonds. The van der Waals surface area contributed by atoms with Crippen LogP contribution in [0.5, 0.6) is 0 Å². The Morgan fingerprint density at radius 3 is 2.60 bits per heavy atom. The Hall–Kier alpha value is -0.990. The number of hydrogen-bond acceptors (Lipinski definition) is 5. The molecule has 1 saturated heterocycles. The highest BCUT2D eigenvalue weighted by molar-refractivity contribution is 7.89. The van der Waals surface area contributed by atoms with Crippen molar-refractivity contribution in [2.75, 3.05) is 27.3 Å². The molecule has 3 rings (SSSR count). The van der Waals surface area contributed by atoms with Gasteiger partial charge in [-0.2, -0.15) is 0 Å². The topological polar surface area (TPSA) is 67.9 Å². The molecule has 0 radical (unpaired) electrons. The predicted octanol–water partition coefficient (Wildman–Crippen LogP) is 1.75. The maximum absolute atomic E-state index is 12.8. The number of benzene rings is 1. The van der Waals surface area contributed by atoms with Crippen LogP contribution < -0.4 is 4.72 Å². The van der Waals surface area contributed by atoms with Gasteiger partial charge in [0, 0.05) is 19.8 Å². The van der Waals surface area contributed by atoms with Gasteiger partial charge in [-0.3, -0.25) is 0 Å². The van der Waals surface area contributed by atoms with Crippen molar-refractivity contribution < 1.29 is 17.9 Å². The second-order valence-corrected chi connectivity index (χ2v) is 8.86. The first kappa shape index (κ1) is 18.8. The fourth-order valence-electron chi connectivity index (χ4n) is 3.84. The maximum Gasteiger partial charge on any atom is 0.240 e. The zero-order valence-corrected chi connectivity index (χ0v) is 16.0. The van der Waals surface area contributed by atoms with E-state index in [9.17, 15) is 8.42 Å². The first-order chi connectivity index (χ1) is 11.9. The van der Waals surface area contributed by atoms with Crippen LogP contribution in [-0.2, 0) is 26.0 Å². The van der Waals surface area contributed by atoms with Crippen LogP contribution in [0, 0.1) is 0 Å². The standard InChI is InChI=1S/C18H28N2O4S/c1-4-23-17-12-16(18(17)10-5-11-24-18)19-25(21,22)15-8-6-14(7-9-15)13-20(2)3/h6-9,16-17,19H,4-5,10-13H2,1-3H3. The van der Waals surface area contributed by atoms with Gasteiger partial charge in [-0.1, -0.05) is 12.1 Å². The molecule has 0 aromatic heterocycles. The number of hydrogen-bond donors (Lipinski definition) is 1. The Bertz CT molecular complexity index is 682. The highest BCUT2D eigenvalue weighted by Crippen LogP contribution is 2.46. The van der Waals surface area contributed by atoms with Crippen LogP contribution in [-0.4, -0.2) is 58.4 Å². The Balaban J connectivity index is 1.71. The summed E-state index contributed by atoms with van der Waals surface area (Å²) in [6, 6.07) is 6.84. The van der Waals surface area contributed by atoms with Gasteiger partial charge >= 0.3 is 0 Å². The smallest absolute Gasteiger partial charge is 0.240 e. The third-order valence-corrected chi connectivity index (χ3v) is 6.55. The van der Waals surface area contributed by atoms with E-state index in [0.717, 1.165) is 24.9 Å². The highest BCUT2D eigenvalue weighted by Gasteiger charge is 2.59. The summed E-state index contributed by atoms with van der Waals surface area (Å²) in [5.41, 5.74) is 0.591. The Kier molecular flexibility index (Phi) is 5.51. The van der Waals surface area contributed by atoms with Crippen molar-refractivity contribution >= 4 is 10.0 Å². The number of rotatable bonds is 7. The minimum absolute atomic E-state index is 0.0184. The first-order valence-electron chi connectivity index (χ1n) is 8.89. The minimum Gasteiger partial charge on any atom is -0.375 e. The molecule has 1 N–H and O–H groups in total. The molecule has 1 spiro atoms. The normalized spacial score (nSPS) is 29.3. The van der Waals surface area contributed by atoms with E-state index in [1.807, 2.05) is 38.1 Å². The predicted molar refractivity (Wildman–Crippen MR) is 95.9 cm³/mol. The summed E-state index contributed by atoms with van der Waals surface area (Å²) in [5.74, 6) is 0. The molecule has 6 nitrogen and oxygen atoms in total. The van der Waals surface area contributed by atoms with Gasteiger partial charge in [0.15, 0.2) is 0 Å². The van der Waals surface area contributed by atoms with Crippen LogP contribution in [0.25, 0.3) is 0 Å². The zero-order chi connectivity index (χ0) is 18.1. The van der Waals surface area contributed by atoms with E-state index in [0.29, 0.717) is 24.5 Å². The van der Waals surface area contributed by atoms with Crippen LogP contribution in [0.1, 0.15) is 31.7 Å². The van der Waals surface area contributed by atoms with Gasteiger partial charge in [0.2, 0.25) is 10.0 Å². The molecule has 1 aliphatic heterocycles. The molecule has 1 heterocycles. The fraction of sp³-hybridized carbons (Fsp3) is 0.667. The highest BCUT2D eigenvalue weighted by atomic mass is 32.2. The average Bonchev–Trinajstić information content (AvgIpc) is 3.07. The van der Waals surface area contributed by atoms with Crippen LogP contribution in [0.2, 0.25) is 0 Å². The van der Waals surface area contributed by atoms with Gasteiger partial charge in [-0.15, -0.1) is 0 Å². The second-order valence-electron chi connectivity index (χ2n) is 7.14. The summed E-state index contributed by atoms with van der Waals surface area (Å²) in [4.78, 5) is 2.34. The fourth-order valence-corrected chi connectivity index (χ4v) is 5.14. The van der Waals surface area contributed by atoms with Crippen LogP contribution >= 0.6 is 0 Å². The molecule has 3 unspecified atom stereocenters. The van der Waals surface area contributed by atoms with Crippen molar-refractivity contribution in [1.29, 1.82) is 0 Å². The molecule has 1 saturated carbocycles. The van der Waals surface area contributed by atoms with E-state index >= 15 is 0 Å².